The van der Waals surface area contributed by atoms with Crippen LogP contribution in [0.5, 0.6) is 23.0 Å². The first kappa shape index (κ1) is 19.9. The number of nitrogens with zero attached hydrogens (tertiary/aromatic N) is 1. The fourth-order valence-electron chi connectivity index (χ4n) is 4.86. The van der Waals surface area contributed by atoms with Crippen molar-refractivity contribution in [2.24, 2.45) is 0 Å². The monoisotopic (exact) mass is 421 g/mol. The number of Topliss-reactive ketones (excluding diaryl/α,β-unsaturated/α-hetero) is 1. The van der Waals surface area contributed by atoms with Crippen LogP contribution in [0.4, 0.5) is 0 Å². The van der Waals surface area contributed by atoms with Crippen molar-refractivity contribution in [1.29, 1.82) is 0 Å². The van der Waals surface area contributed by atoms with Crippen molar-refractivity contribution in [2.75, 3.05) is 21.0 Å². The normalized spacial score (nSPS) is 19.7. The summed E-state index contributed by atoms with van der Waals surface area (Å²) < 4.78 is 22.9. The van der Waals surface area contributed by atoms with Gasteiger partial charge in [0.1, 0.15) is 29.7 Å². The van der Waals surface area contributed by atoms with Crippen LogP contribution in [0.2, 0.25) is 0 Å². The highest BCUT2D eigenvalue weighted by Gasteiger charge is 2.35. The van der Waals surface area contributed by atoms with Gasteiger partial charge in [0.2, 0.25) is 5.78 Å². The molecule has 1 saturated carbocycles. The van der Waals surface area contributed by atoms with E-state index in [1.807, 2.05) is 31.2 Å². The topological polar surface area (TPSA) is 57.2 Å². The summed E-state index contributed by atoms with van der Waals surface area (Å²) in [4.78, 5) is 15.6. The van der Waals surface area contributed by atoms with E-state index < -0.39 is 0 Å². The number of carbonyl (C=O) groups excluding carboxylic acids is 1. The summed E-state index contributed by atoms with van der Waals surface area (Å²) in [5.74, 6) is 2.92. The lowest BCUT2D eigenvalue weighted by Gasteiger charge is -2.34. The molecule has 6 nitrogen and oxygen atoms in total. The Balaban J connectivity index is 1.48. The van der Waals surface area contributed by atoms with E-state index in [1.54, 1.807) is 20.3 Å². The van der Waals surface area contributed by atoms with Gasteiger partial charge >= 0.3 is 0 Å². The van der Waals surface area contributed by atoms with E-state index in [1.165, 1.54) is 25.7 Å². The predicted octanol–water partition coefficient (Wildman–Crippen LogP) is 4.72. The zero-order valence-corrected chi connectivity index (χ0v) is 18.2. The number of hydrogen-bond acceptors (Lipinski definition) is 6. The molecule has 0 atom stereocenters. The Kier molecular flexibility index (Phi) is 5.10. The van der Waals surface area contributed by atoms with Crippen LogP contribution in [0.1, 0.15) is 52.7 Å². The lowest BCUT2D eigenvalue weighted by atomic mass is 9.99. The van der Waals surface area contributed by atoms with Gasteiger partial charge in [-0.05, 0) is 50.1 Å². The van der Waals surface area contributed by atoms with Crippen molar-refractivity contribution in [3.8, 4) is 23.0 Å². The smallest absolute Gasteiger partial charge is 0.231 e. The Morgan fingerprint density at radius 3 is 2.65 bits per heavy atom. The number of rotatable bonds is 4. The van der Waals surface area contributed by atoms with E-state index in [-0.39, 0.29) is 11.5 Å². The molecule has 2 aromatic carbocycles. The van der Waals surface area contributed by atoms with Crippen molar-refractivity contribution in [2.45, 2.75) is 45.2 Å². The third-order valence-corrected chi connectivity index (χ3v) is 6.53. The van der Waals surface area contributed by atoms with Crippen molar-refractivity contribution >= 4 is 11.9 Å². The molecular formula is C25H27NO5. The number of carbonyl (C=O) groups is 1. The second-order valence-electron chi connectivity index (χ2n) is 8.37. The number of methoxy groups -OCH3 is 2. The minimum atomic E-state index is -0.122. The van der Waals surface area contributed by atoms with Crippen LogP contribution in [-0.2, 0) is 6.54 Å². The maximum Gasteiger partial charge on any atom is 0.231 e. The quantitative estimate of drug-likeness (QED) is 0.666. The minimum Gasteiger partial charge on any atom is -0.497 e. The van der Waals surface area contributed by atoms with Crippen LogP contribution in [0.25, 0.3) is 6.08 Å². The van der Waals surface area contributed by atoms with Gasteiger partial charge < -0.3 is 18.9 Å². The van der Waals surface area contributed by atoms with Crippen molar-refractivity contribution in [3.05, 3.63) is 52.3 Å². The number of ketones is 1. The molecule has 2 heterocycles. The lowest BCUT2D eigenvalue weighted by molar-refractivity contribution is 0.0570. The fraction of sp³-hybridized carbons (Fsp3) is 0.400. The Bertz CT molecular complexity index is 1070. The van der Waals surface area contributed by atoms with Crippen molar-refractivity contribution < 1.29 is 23.7 Å². The molecular weight excluding hydrogens is 394 g/mol. The van der Waals surface area contributed by atoms with E-state index in [2.05, 4.69) is 4.90 Å². The van der Waals surface area contributed by atoms with Crippen LogP contribution in [-0.4, -0.2) is 37.7 Å². The van der Waals surface area contributed by atoms with Crippen LogP contribution in [0.3, 0.4) is 0 Å². The summed E-state index contributed by atoms with van der Waals surface area (Å²) in [6, 6.07) is 7.98. The maximum atomic E-state index is 13.2. The molecule has 6 heteroatoms. The summed E-state index contributed by atoms with van der Waals surface area (Å²) in [7, 11) is 3.20. The molecule has 0 spiro atoms. The molecule has 5 rings (SSSR count). The third kappa shape index (κ3) is 3.45. The molecule has 0 saturated heterocycles. The van der Waals surface area contributed by atoms with Gasteiger partial charge in [0.05, 0.1) is 19.8 Å². The summed E-state index contributed by atoms with van der Waals surface area (Å²) in [6.07, 6.45) is 6.73. The second kappa shape index (κ2) is 7.93. The lowest BCUT2D eigenvalue weighted by Crippen LogP contribution is -2.39. The van der Waals surface area contributed by atoms with E-state index in [0.29, 0.717) is 35.6 Å². The molecule has 3 aliphatic rings. The highest BCUT2D eigenvalue weighted by Crippen LogP contribution is 2.44. The molecule has 162 valence electrons. The van der Waals surface area contributed by atoms with Crippen molar-refractivity contribution in [1.82, 2.24) is 4.90 Å². The predicted molar refractivity (Wildman–Crippen MR) is 117 cm³/mol. The van der Waals surface area contributed by atoms with Gasteiger partial charge in [0, 0.05) is 29.3 Å². The van der Waals surface area contributed by atoms with Crippen LogP contribution < -0.4 is 18.9 Å². The number of benzene rings is 2. The summed E-state index contributed by atoms with van der Waals surface area (Å²) >= 11 is 0. The highest BCUT2D eigenvalue weighted by molar-refractivity contribution is 6.15. The van der Waals surface area contributed by atoms with Gasteiger partial charge in [-0.3, -0.25) is 9.69 Å². The van der Waals surface area contributed by atoms with E-state index in [4.69, 9.17) is 18.9 Å². The SMILES string of the molecule is COc1ccc(OC)c(/C=C2\Oc3c(cc4c(c3C)OCN(C3CCCC3)C4)C2=O)c1. The van der Waals surface area contributed by atoms with Gasteiger partial charge in [0.25, 0.3) is 0 Å². The molecule has 2 aliphatic heterocycles. The number of allylic oxidation sites excluding steroid dienone is 1. The zero-order valence-electron chi connectivity index (χ0n) is 18.2. The maximum absolute atomic E-state index is 13.2. The summed E-state index contributed by atoms with van der Waals surface area (Å²) in [6.45, 7) is 3.37. The van der Waals surface area contributed by atoms with E-state index in [0.717, 1.165) is 29.0 Å². The zero-order chi connectivity index (χ0) is 21.5. The molecule has 1 fully saturated rings. The standard InChI is InChI=1S/C25H27NO5/c1-15-24-17(13-26(14-30-24)18-6-4-5-7-18)11-20-23(27)22(31-25(15)20)12-16-10-19(28-2)8-9-21(16)29-3/h8-12,18H,4-7,13-14H2,1-3H3/b22-12-. The average molecular weight is 421 g/mol. The molecule has 0 amide bonds. The first-order chi connectivity index (χ1) is 15.1. The molecule has 0 radical (unpaired) electrons. The van der Waals surface area contributed by atoms with Gasteiger partial charge in [-0.15, -0.1) is 0 Å². The molecule has 0 unspecified atom stereocenters. The first-order valence-corrected chi connectivity index (χ1v) is 10.8. The van der Waals surface area contributed by atoms with Gasteiger partial charge in [-0.2, -0.15) is 0 Å². The number of hydrogen-bond donors (Lipinski definition) is 0. The largest absolute Gasteiger partial charge is 0.497 e. The van der Waals surface area contributed by atoms with E-state index >= 15 is 0 Å². The van der Waals surface area contributed by atoms with Gasteiger partial charge in [0.15, 0.2) is 5.76 Å². The molecule has 2 aromatic rings. The van der Waals surface area contributed by atoms with Crippen LogP contribution >= 0.6 is 0 Å². The highest BCUT2D eigenvalue weighted by atomic mass is 16.5. The fourth-order valence-corrected chi connectivity index (χ4v) is 4.86. The Morgan fingerprint density at radius 1 is 1.10 bits per heavy atom. The second-order valence-corrected chi connectivity index (χ2v) is 8.37. The molecule has 31 heavy (non-hydrogen) atoms. The molecule has 0 bridgehead atoms. The third-order valence-electron chi connectivity index (χ3n) is 6.53. The molecule has 1 aliphatic carbocycles. The van der Waals surface area contributed by atoms with Crippen LogP contribution in [0, 0.1) is 6.92 Å². The molecule has 0 N–H and O–H groups in total. The van der Waals surface area contributed by atoms with Gasteiger partial charge in [-0.1, -0.05) is 12.8 Å². The average Bonchev–Trinajstić information content (AvgIpc) is 3.43. The number of ether oxygens (including phenoxy) is 4. The molecule has 0 aromatic heterocycles. The summed E-state index contributed by atoms with van der Waals surface area (Å²) in [5, 5.41) is 0. The first-order valence-electron chi connectivity index (χ1n) is 10.8. The van der Waals surface area contributed by atoms with Crippen molar-refractivity contribution in [3.63, 3.8) is 0 Å². The Morgan fingerprint density at radius 2 is 1.90 bits per heavy atom. The summed E-state index contributed by atoms with van der Waals surface area (Å²) in [5.41, 5.74) is 3.27. The minimum absolute atomic E-state index is 0.122. The number of fused-ring (bicyclic) bond motifs is 2. The van der Waals surface area contributed by atoms with Crippen LogP contribution in [0.15, 0.2) is 30.0 Å². The Hall–Kier alpha value is -2.99. The van der Waals surface area contributed by atoms with E-state index in [9.17, 15) is 4.79 Å². The van der Waals surface area contributed by atoms with Gasteiger partial charge in [-0.25, -0.2) is 0 Å². The Labute approximate surface area is 182 Å².